The highest BCUT2D eigenvalue weighted by Crippen LogP contribution is 2.44. The molecular formula is C12H19NO3. The van der Waals surface area contributed by atoms with Crippen LogP contribution in [0.2, 0.25) is 0 Å². The molecular weight excluding hydrogens is 206 g/mol. The van der Waals surface area contributed by atoms with Gasteiger partial charge >= 0.3 is 0 Å². The van der Waals surface area contributed by atoms with Gasteiger partial charge in [-0.3, -0.25) is 0 Å². The second-order valence-electron chi connectivity index (χ2n) is 5.20. The number of rotatable bonds is 2. The van der Waals surface area contributed by atoms with E-state index in [2.05, 4.69) is 6.07 Å². The summed E-state index contributed by atoms with van der Waals surface area (Å²) in [6.45, 7) is 4.08. The van der Waals surface area contributed by atoms with Crippen LogP contribution in [0, 0.1) is 17.2 Å². The molecule has 0 bridgehead atoms. The zero-order valence-corrected chi connectivity index (χ0v) is 9.99. The summed E-state index contributed by atoms with van der Waals surface area (Å²) < 4.78 is 5.83. The van der Waals surface area contributed by atoms with E-state index < -0.39 is 11.6 Å². The van der Waals surface area contributed by atoms with Crippen LogP contribution in [0.15, 0.2) is 0 Å². The fourth-order valence-electron chi connectivity index (χ4n) is 2.45. The first kappa shape index (κ1) is 11.8. The lowest BCUT2D eigenvalue weighted by atomic mass is 9.94. The second-order valence-corrected chi connectivity index (χ2v) is 5.20. The van der Waals surface area contributed by atoms with Crippen LogP contribution in [-0.4, -0.2) is 11.6 Å². The van der Waals surface area contributed by atoms with Crippen molar-refractivity contribution in [3.8, 4) is 6.07 Å². The predicted octanol–water partition coefficient (Wildman–Crippen LogP) is 2.89. The highest BCUT2D eigenvalue weighted by Gasteiger charge is 2.53. The average molecular weight is 225 g/mol. The Hall–Kier alpha value is -0.630. The number of hydrogen-bond donors (Lipinski definition) is 0. The molecule has 2 rings (SSSR count). The first-order valence-electron chi connectivity index (χ1n) is 6.08. The highest BCUT2D eigenvalue weighted by molar-refractivity contribution is 4.98. The molecule has 1 aliphatic heterocycles. The van der Waals surface area contributed by atoms with Crippen molar-refractivity contribution >= 4 is 0 Å². The molecule has 4 nitrogen and oxygen atoms in total. The van der Waals surface area contributed by atoms with Crippen molar-refractivity contribution in [3.63, 3.8) is 0 Å². The van der Waals surface area contributed by atoms with Crippen molar-refractivity contribution in [2.75, 3.05) is 0 Å². The van der Waals surface area contributed by atoms with E-state index in [1.54, 1.807) is 0 Å². The number of ether oxygens (including phenoxy) is 1. The molecule has 1 aliphatic carbocycles. The normalized spacial score (nSPS) is 33.1. The Morgan fingerprint density at radius 2 is 1.88 bits per heavy atom. The molecule has 90 valence electrons. The van der Waals surface area contributed by atoms with Crippen LogP contribution in [0.25, 0.3) is 0 Å². The van der Waals surface area contributed by atoms with Crippen LogP contribution in [-0.2, 0) is 14.5 Å². The minimum Gasteiger partial charge on any atom is -0.300 e. The maximum Gasteiger partial charge on any atom is 0.292 e. The fourth-order valence-corrected chi connectivity index (χ4v) is 2.45. The third-order valence-corrected chi connectivity index (χ3v) is 3.14. The van der Waals surface area contributed by atoms with E-state index in [1.165, 1.54) is 6.42 Å². The Kier molecular flexibility index (Phi) is 3.20. The van der Waals surface area contributed by atoms with Gasteiger partial charge in [0, 0.05) is 19.3 Å². The molecule has 16 heavy (non-hydrogen) atoms. The molecule has 2 fully saturated rings. The quantitative estimate of drug-likeness (QED) is 0.678. The summed E-state index contributed by atoms with van der Waals surface area (Å²) in [5, 5.41) is 9.20. The van der Waals surface area contributed by atoms with Gasteiger partial charge in [-0.1, -0.05) is 20.3 Å². The van der Waals surface area contributed by atoms with Crippen molar-refractivity contribution < 1.29 is 14.5 Å². The van der Waals surface area contributed by atoms with E-state index in [9.17, 15) is 5.26 Å². The Labute approximate surface area is 96.4 Å². The van der Waals surface area contributed by atoms with E-state index in [0.29, 0.717) is 12.3 Å². The van der Waals surface area contributed by atoms with Gasteiger partial charge in [0.05, 0.1) is 0 Å². The minimum atomic E-state index is -1.19. The van der Waals surface area contributed by atoms with E-state index >= 15 is 0 Å². The zero-order chi connectivity index (χ0) is 11.6. The van der Waals surface area contributed by atoms with Gasteiger partial charge in [-0.15, -0.1) is 0 Å². The Morgan fingerprint density at radius 1 is 1.19 bits per heavy atom. The van der Waals surface area contributed by atoms with Gasteiger partial charge in [0.2, 0.25) is 5.79 Å². The van der Waals surface area contributed by atoms with Crippen molar-refractivity contribution in [1.29, 1.82) is 5.26 Å². The summed E-state index contributed by atoms with van der Waals surface area (Å²) in [7, 11) is 0. The first-order valence-corrected chi connectivity index (χ1v) is 6.08. The molecule has 2 aliphatic rings. The third kappa shape index (κ3) is 2.22. The molecule has 1 heterocycles. The molecule has 0 aromatic carbocycles. The summed E-state index contributed by atoms with van der Waals surface area (Å²) in [4.78, 5) is 10.6. The van der Waals surface area contributed by atoms with Crippen molar-refractivity contribution in [3.05, 3.63) is 0 Å². The van der Waals surface area contributed by atoms with Gasteiger partial charge in [0.15, 0.2) is 0 Å². The Morgan fingerprint density at radius 3 is 2.44 bits per heavy atom. The Balaban J connectivity index is 2.07. The van der Waals surface area contributed by atoms with Gasteiger partial charge in [-0.05, 0) is 18.8 Å². The number of nitrogens with zero attached hydrogens (tertiary/aromatic N) is 1. The van der Waals surface area contributed by atoms with Crippen LogP contribution < -0.4 is 0 Å². The molecule has 0 radical (unpaired) electrons. The maximum absolute atomic E-state index is 9.20. The van der Waals surface area contributed by atoms with Crippen LogP contribution in [0.1, 0.15) is 52.4 Å². The van der Waals surface area contributed by atoms with Crippen LogP contribution in [0.5, 0.6) is 0 Å². The number of hydrogen-bond acceptors (Lipinski definition) is 4. The summed E-state index contributed by atoms with van der Waals surface area (Å²) in [5.74, 6) is -1.50. The van der Waals surface area contributed by atoms with Gasteiger partial charge in [-0.25, -0.2) is 0 Å². The number of nitriles is 1. The topological polar surface area (TPSA) is 51.5 Å². The average Bonchev–Trinajstić information content (AvgIpc) is 2.58. The first-order chi connectivity index (χ1) is 7.60. The van der Waals surface area contributed by atoms with E-state index in [0.717, 1.165) is 25.7 Å². The molecule has 1 saturated carbocycles. The fraction of sp³-hybridized carbons (Fsp3) is 0.917. The highest BCUT2D eigenvalue weighted by atomic mass is 17.3. The van der Waals surface area contributed by atoms with E-state index in [4.69, 9.17) is 14.5 Å². The summed E-state index contributed by atoms with van der Waals surface area (Å²) in [5.41, 5.74) is 0. The summed E-state index contributed by atoms with van der Waals surface area (Å²) in [6.07, 6.45) is 5.56. The standard InChI is InChI=1S/C12H19NO3/c1-10(2)8-12(9-13)14-11(15-16-12)6-4-3-5-7-11/h10H,3-8H2,1-2H3. The second kappa shape index (κ2) is 4.33. The summed E-state index contributed by atoms with van der Waals surface area (Å²) in [6, 6.07) is 2.11. The minimum absolute atomic E-state index is 0.335. The van der Waals surface area contributed by atoms with Crippen LogP contribution in [0.4, 0.5) is 0 Å². The molecule has 4 heteroatoms. The molecule has 0 aromatic heterocycles. The maximum atomic E-state index is 9.20. The largest absolute Gasteiger partial charge is 0.300 e. The lowest BCUT2D eigenvalue weighted by Crippen LogP contribution is -2.38. The third-order valence-electron chi connectivity index (χ3n) is 3.14. The van der Waals surface area contributed by atoms with Crippen LogP contribution in [0.3, 0.4) is 0 Å². The van der Waals surface area contributed by atoms with E-state index in [1.807, 2.05) is 13.8 Å². The molecule has 1 saturated heterocycles. The molecule has 1 unspecified atom stereocenters. The molecule has 0 amide bonds. The van der Waals surface area contributed by atoms with Gasteiger partial charge in [0.25, 0.3) is 5.79 Å². The van der Waals surface area contributed by atoms with E-state index in [-0.39, 0.29) is 0 Å². The van der Waals surface area contributed by atoms with Crippen molar-refractivity contribution in [2.45, 2.75) is 63.9 Å². The zero-order valence-electron chi connectivity index (χ0n) is 9.99. The molecule has 0 aromatic rings. The van der Waals surface area contributed by atoms with Crippen molar-refractivity contribution in [2.24, 2.45) is 5.92 Å². The van der Waals surface area contributed by atoms with Crippen molar-refractivity contribution in [1.82, 2.24) is 0 Å². The van der Waals surface area contributed by atoms with Gasteiger partial charge in [-0.2, -0.15) is 15.0 Å². The lowest BCUT2D eigenvalue weighted by molar-refractivity contribution is -0.347. The van der Waals surface area contributed by atoms with Gasteiger partial charge < -0.3 is 4.74 Å². The van der Waals surface area contributed by atoms with Gasteiger partial charge in [0.1, 0.15) is 6.07 Å². The SMILES string of the molecule is CC(C)CC1(C#N)OOC2(CCCCC2)O1. The smallest absolute Gasteiger partial charge is 0.292 e. The Bertz CT molecular complexity index is 291. The lowest BCUT2D eigenvalue weighted by Gasteiger charge is -2.30. The summed E-state index contributed by atoms with van der Waals surface area (Å²) >= 11 is 0. The molecule has 1 atom stereocenters. The monoisotopic (exact) mass is 225 g/mol. The molecule has 1 spiro atoms. The molecule has 0 N–H and O–H groups in total. The van der Waals surface area contributed by atoms with Crippen LogP contribution >= 0.6 is 0 Å². The predicted molar refractivity (Wildman–Crippen MR) is 56.9 cm³/mol.